The Morgan fingerprint density at radius 3 is 2.73 bits per heavy atom. The quantitative estimate of drug-likeness (QED) is 0.941. The van der Waals surface area contributed by atoms with Crippen LogP contribution in [0.1, 0.15) is 23.3 Å². The molecule has 0 saturated carbocycles. The fourth-order valence-corrected chi connectivity index (χ4v) is 3.32. The van der Waals surface area contributed by atoms with E-state index < -0.39 is 0 Å². The Morgan fingerprint density at radius 2 is 2.00 bits per heavy atom. The number of benzene rings is 1. The van der Waals surface area contributed by atoms with Crippen LogP contribution in [0.25, 0.3) is 11.3 Å². The fraction of sp³-hybridized carbons (Fsp3) is 0.389. The van der Waals surface area contributed by atoms with E-state index in [1.54, 1.807) is 0 Å². The van der Waals surface area contributed by atoms with Crippen molar-refractivity contribution in [3.05, 3.63) is 48.2 Å². The van der Waals surface area contributed by atoms with Gasteiger partial charge in [0, 0.05) is 31.9 Å². The van der Waals surface area contributed by atoms with Crippen LogP contribution in [0.4, 0.5) is 0 Å². The zero-order chi connectivity index (χ0) is 15.5. The monoisotopic (exact) mass is 297 g/mol. The lowest BCUT2D eigenvalue weighted by Crippen LogP contribution is -2.41. The van der Waals surface area contributed by atoms with Gasteiger partial charge in [0.25, 0.3) is 5.91 Å². The normalized spacial score (nSPS) is 17.9. The molecule has 1 fully saturated rings. The summed E-state index contributed by atoms with van der Waals surface area (Å²) in [5, 5.41) is 3.19. The molecule has 0 radical (unpaired) electrons. The first-order chi connectivity index (χ1) is 10.7. The molecule has 1 atom stereocenters. The van der Waals surface area contributed by atoms with Crippen molar-refractivity contribution in [1.29, 1.82) is 0 Å². The van der Waals surface area contributed by atoms with Crippen molar-refractivity contribution in [1.82, 2.24) is 14.8 Å². The second-order valence-electron chi connectivity index (χ2n) is 5.88. The number of amides is 1. The van der Waals surface area contributed by atoms with Gasteiger partial charge in [-0.15, -0.1) is 0 Å². The van der Waals surface area contributed by atoms with Crippen molar-refractivity contribution in [2.75, 3.05) is 20.1 Å². The molecular weight excluding hydrogens is 274 g/mol. The van der Waals surface area contributed by atoms with E-state index in [0.717, 1.165) is 42.9 Å². The van der Waals surface area contributed by atoms with E-state index in [9.17, 15) is 4.79 Å². The first-order valence-electron chi connectivity index (χ1n) is 7.89. The van der Waals surface area contributed by atoms with E-state index in [2.05, 4.69) is 17.4 Å². The molecule has 116 valence electrons. The zero-order valence-electron chi connectivity index (χ0n) is 13.2. The van der Waals surface area contributed by atoms with Crippen LogP contribution in [0, 0.1) is 0 Å². The van der Waals surface area contributed by atoms with Gasteiger partial charge in [0.2, 0.25) is 0 Å². The number of hydrogen-bond acceptors (Lipinski definition) is 2. The Bertz CT molecular complexity index is 648. The molecule has 2 heterocycles. The molecule has 0 aliphatic carbocycles. The van der Waals surface area contributed by atoms with E-state index in [1.165, 1.54) is 0 Å². The molecule has 4 nitrogen and oxygen atoms in total. The number of carbonyl (C=O) groups excluding carboxylic acids is 1. The van der Waals surface area contributed by atoms with Gasteiger partial charge in [-0.05, 0) is 37.6 Å². The summed E-state index contributed by atoms with van der Waals surface area (Å²) in [4.78, 5) is 14.9. The van der Waals surface area contributed by atoms with E-state index in [-0.39, 0.29) is 5.91 Å². The first kappa shape index (κ1) is 14.9. The predicted molar refractivity (Wildman–Crippen MR) is 88.8 cm³/mol. The van der Waals surface area contributed by atoms with Crippen LogP contribution in [-0.4, -0.2) is 41.6 Å². The zero-order valence-corrected chi connectivity index (χ0v) is 13.2. The number of carbonyl (C=O) groups is 1. The number of likely N-dealkylation sites (N-methyl/N-ethyl adjacent to an activating group) is 1. The summed E-state index contributed by atoms with van der Waals surface area (Å²) in [7, 11) is 3.91. The number of likely N-dealkylation sites (tertiary alicyclic amines) is 1. The third-order valence-electron chi connectivity index (χ3n) is 4.49. The van der Waals surface area contributed by atoms with Gasteiger partial charge in [-0.25, -0.2) is 0 Å². The maximum atomic E-state index is 12.9. The molecule has 1 aromatic heterocycles. The Kier molecular flexibility index (Phi) is 4.29. The van der Waals surface area contributed by atoms with Gasteiger partial charge in [0.1, 0.15) is 5.69 Å². The van der Waals surface area contributed by atoms with Gasteiger partial charge >= 0.3 is 0 Å². The van der Waals surface area contributed by atoms with Crippen molar-refractivity contribution in [3.8, 4) is 11.3 Å². The first-order valence-corrected chi connectivity index (χ1v) is 7.89. The summed E-state index contributed by atoms with van der Waals surface area (Å²) in [6, 6.07) is 14.5. The lowest BCUT2D eigenvalue weighted by Gasteiger charge is -2.25. The molecule has 1 aromatic carbocycles. The van der Waals surface area contributed by atoms with Crippen molar-refractivity contribution in [2.45, 2.75) is 18.9 Å². The van der Waals surface area contributed by atoms with Crippen molar-refractivity contribution in [2.24, 2.45) is 7.05 Å². The third-order valence-corrected chi connectivity index (χ3v) is 4.49. The molecule has 0 unspecified atom stereocenters. The fourth-order valence-electron chi connectivity index (χ4n) is 3.32. The van der Waals surface area contributed by atoms with Gasteiger partial charge in [-0.2, -0.15) is 0 Å². The maximum absolute atomic E-state index is 12.9. The number of nitrogens with zero attached hydrogens (tertiary/aromatic N) is 2. The van der Waals surface area contributed by atoms with E-state index in [1.807, 2.05) is 53.9 Å². The lowest BCUT2D eigenvalue weighted by atomic mass is 10.2. The number of rotatable bonds is 4. The molecule has 22 heavy (non-hydrogen) atoms. The molecule has 1 aliphatic rings. The Hall–Kier alpha value is -2.07. The molecule has 0 spiro atoms. The Morgan fingerprint density at radius 1 is 1.23 bits per heavy atom. The number of aromatic nitrogens is 1. The average Bonchev–Trinajstić information content (AvgIpc) is 3.15. The van der Waals surface area contributed by atoms with Gasteiger partial charge < -0.3 is 14.8 Å². The highest BCUT2D eigenvalue weighted by Gasteiger charge is 2.30. The number of hydrogen-bond donors (Lipinski definition) is 1. The highest BCUT2D eigenvalue weighted by atomic mass is 16.2. The molecule has 4 heteroatoms. The molecule has 1 aliphatic heterocycles. The van der Waals surface area contributed by atoms with Crippen LogP contribution >= 0.6 is 0 Å². The summed E-state index contributed by atoms with van der Waals surface area (Å²) in [5.74, 6) is 0.141. The second-order valence-corrected chi connectivity index (χ2v) is 5.88. The van der Waals surface area contributed by atoms with Crippen molar-refractivity contribution >= 4 is 5.91 Å². The van der Waals surface area contributed by atoms with E-state index >= 15 is 0 Å². The summed E-state index contributed by atoms with van der Waals surface area (Å²) in [6.07, 6.45) is 2.18. The number of nitrogens with one attached hydrogen (secondary N) is 1. The maximum Gasteiger partial charge on any atom is 0.270 e. The topological polar surface area (TPSA) is 37.3 Å². The van der Waals surface area contributed by atoms with Gasteiger partial charge in [-0.3, -0.25) is 4.79 Å². The van der Waals surface area contributed by atoms with Crippen LogP contribution in [0.5, 0.6) is 0 Å². The highest BCUT2D eigenvalue weighted by molar-refractivity contribution is 5.94. The van der Waals surface area contributed by atoms with Crippen LogP contribution in [-0.2, 0) is 7.05 Å². The highest BCUT2D eigenvalue weighted by Crippen LogP contribution is 2.24. The summed E-state index contributed by atoms with van der Waals surface area (Å²) >= 11 is 0. The minimum atomic E-state index is 0.141. The van der Waals surface area contributed by atoms with E-state index in [0.29, 0.717) is 6.04 Å². The minimum Gasteiger partial charge on any atom is -0.340 e. The van der Waals surface area contributed by atoms with Crippen molar-refractivity contribution < 1.29 is 4.79 Å². The molecule has 3 rings (SSSR count). The molecule has 0 bridgehead atoms. The Balaban J connectivity index is 1.87. The average molecular weight is 297 g/mol. The molecule has 2 aromatic rings. The molecular formula is C18H23N3O. The van der Waals surface area contributed by atoms with E-state index in [4.69, 9.17) is 0 Å². The lowest BCUT2D eigenvalue weighted by molar-refractivity contribution is 0.0727. The van der Waals surface area contributed by atoms with Gasteiger partial charge in [-0.1, -0.05) is 30.3 Å². The standard InChI is InChI=1S/C18H23N3O/c1-19-13-15-9-6-12-21(15)18(22)17-11-10-16(20(17)2)14-7-4-3-5-8-14/h3-5,7-8,10-11,15,19H,6,9,12-13H2,1-2H3/t15-/m0/s1. The van der Waals surface area contributed by atoms with Crippen LogP contribution < -0.4 is 5.32 Å². The molecule has 1 amide bonds. The van der Waals surface area contributed by atoms with Crippen LogP contribution in [0.3, 0.4) is 0 Å². The van der Waals surface area contributed by atoms with Crippen LogP contribution in [0.15, 0.2) is 42.5 Å². The molecule has 1 saturated heterocycles. The Labute approximate surface area is 131 Å². The van der Waals surface area contributed by atoms with Crippen LogP contribution in [0.2, 0.25) is 0 Å². The summed E-state index contributed by atoms with van der Waals surface area (Å²) < 4.78 is 2.01. The van der Waals surface area contributed by atoms with Gasteiger partial charge in [0.15, 0.2) is 0 Å². The predicted octanol–water partition coefficient (Wildman–Crippen LogP) is 2.52. The van der Waals surface area contributed by atoms with Gasteiger partial charge in [0.05, 0.1) is 0 Å². The summed E-state index contributed by atoms with van der Waals surface area (Å²) in [5.41, 5.74) is 2.98. The smallest absolute Gasteiger partial charge is 0.270 e. The van der Waals surface area contributed by atoms with Crippen molar-refractivity contribution in [3.63, 3.8) is 0 Å². The molecule has 1 N–H and O–H groups in total. The summed E-state index contributed by atoms with van der Waals surface area (Å²) in [6.45, 7) is 1.72. The third kappa shape index (κ3) is 2.66. The second kappa shape index (κ2) is 6.36. The minimum absolute atomic E-state index is 0.141. The largest absolute Gasteiger partial charge is 0.340 e. The SMILES string of the molecule is CNC[C@@H]1CCCN1C(=O)c1ccc(-c2ccccc2)n1C.